The van der Waals surface area contributed by atoms with E-state index in [-0.39, 0.29) is 17.9 Å². The van der Waals surface area contributed by atoms with E-state index < -0.39 is 6.61 Å². The quantitative estimate of drug-likeness (QED) is 0.495. The van der Waals surface area contributed by atoms with E-state index in [0.29, 0.717) is 60.7 Å². The van der Waals surface area contributed by atoms with Gasteiger partial charge in [-0.2, -0.15) is 0 Å². The molecule has 178 valence electrons. The molecule has 2 amide bonds. The summed E-state index contributed by atoms with van der Waals surface area (Å²) in [5.41, 5.74) is 4.39. The number of nitrogens with one attached hydrogen (secondary N) is 2. The largest absolute Gasteiger partial charge is 0.493 e. The van der Waals surface area contributed by atoms with Gasteiger partial charge in [0.05, 0.1) is 17.7 Å². The van der Waals surface area contributed by atoms with E-state index in [1.165, 1.54) is 19.2 Å². The first kappa shape index (κ1) is 22.3. The van der Waals surface area contributed by atoms with Crippen LogP contribution in [0.25, 0.3) is 22.3 Å². The molecule has 0 radical (unpaired) electrons. The van der Waals surface area contributed by atoms with E-state index in [9.17, 15) is 9.59 Å². The summed E-state index contributed by atoms with van der Waals surface area (Å²) >= 11 is 0. The van der Waals surface area contributed by atoms with Gasteiger partial charge >= 0.3 is 0 Å². The highest BCUT2D eigenvalue weighted by molar-refractivity contribution is 6.08. The van der Waals surface area contributed by atoms with E-state index in [1.54, 1.807) is 11.1 Å². The Labute approximate surface area is 197 Å². The zero-order valence-corrected chi connectivity index (χ0v) is 19.2. The number of aliphatic hydroxyl groups is 1. The average molecular weight is 464 g/mol. The third-order valence-electron chi connectivity index (χ3n) is 6.59. The number of aryl methyl sites for hydroxylation is 1. The van der Waals surface area contributed by atoms with Crippen LogP contribution < -0.4 is 10.1 Å². The summed E-state index contributed by atoms with van der Waals surface area (Å²) in [7, 11) is 0. The van der Waals surface area contributed by atoms with Crippen molar-refractivity contribution in [2.24, 2.45) is 5.92 Å². The van der Waals surface area contributed by atoms with Crippen LogP contribution in [0, 0.1) is 12.8 Å². The fraction of sp³-hybridized carbons (Fsp3) is 0.440. The number of nitrogens with zero attached hydrogens (tertiary/aromatic N) is 3. The number of aromatic nitrogens is 3. The summed E-state index contributed by atoms with van der Waals surface area (Å²) in [5.74, 6) is 0.927. The molecule has 0 unspecified atom stereocenters. The number of amides is 2. The zero-order chi connectivity index (χ0) is 23.7. The van der Waals surface area contributed by atoms with Gasteiger partial charge in [0, 0.05) is 30.9 Å². The maximum Gasteiger partial charge on any atom is 0.255 e. The van der Waals surface area contributed by atoms with E-state index in [1.807, 2.05) is 25.1 Å². The van der Waals surface area contributed by atoms with Crippen molar-refractivity contribution in [3.05, 3.63) is 41.9 Å². The number of hydrogen-bond donors (Lipinski definition) is 3. The van der Waals surface area contributed by atoms with Crippen molar-refractivity contribution >= 4 is 22.8 Å². The molecule has 1 aliphatic carbocycles. The highest BCUT2D eigenvalue weighted by Gasteiger charge is 2.26. The minimum absolute atomic E-state index is 0.0410. The number of benzene rings is 1. The van der Waals surface area contributed by atoms with Gasteiger partial charge in [-0.05, 0) is 50.7 Å². The van der Waals surface area contributed by atoms with Gasteiger partial charge in [0.25, 0.3) is 5.91 Å². The predicted molar refractivity (Wildman–Crippen MR) is 126 cm³/mol. The number of rotatable bonds is 7. The molecule has 1 aliphatic heterocycles. The van der Waals surface area contributed by atoms with Crippen molar-refractivity contribution in [1.82, 2.24) is 25.2 Å². The Kier molecular flexibility index (Phi) is 6.19. The maximum absolute atomic E-state index is 13.1. The van der Waals surface area contributed by atoms with Crippen molar-refractivity contribution in [2.45, 2.75) is 38.6 Å². The van der Waals surface area contributed by atoms with Crippen LogP contribution in [0.4, 0.5) is 0 Å². The van der Waals surface area contributed by atoms with Crippen molar-refractivity contribution in [1.29, 1.82) is 0 Å². The number of H-pyrrole nitrogens is 1. The molecule has 2 aromatic heterocycles. The minimum atomic E-state index is -0.483. The number of ether oxygens (including phenoxy) is 1. The molecule has 0 atom stereocenters. The van der Waals surface area contributed by atoms with Gasteiger partial charge in [0.2, 0.25) is 5.91 Å². The SMILES string of the molecule is Cc1ccc(OCC2CC2)c(-c2ncnc3c(C(=O)NC4CCN(C(=O)CO)CC4)c[nH]c23)c1. The Morgan fingerprint density at radius 2 is 2.00 bits per heavy atom. The summed E-state index contributed by atoms with van der Waals surface area (Å²) in [5, 5.41) is 12.1. The summed E-state index contributed by atoms with van der Waals surface area (Å²) < 4.78 is 6.11. The molecular formula is C25H29N5O4. The van der Waals surface area contributed by atoms with Gasteiger partial charge < -0.3 is 25.0 Å². The third-order valence-corrected chi connectivity index (χ3v) is 6.59. The molecule has 9 heteroatoms. The van der Waals surface area contributed by atoms with Crippen molar-refractivity contribution in [3.63, 3.8) is 0 Å². The van der Waals surface area contributed by atoms with E-state index in [2.05, 4.69) is 20.3 Å². The summed E-state index contributed by atoms with van der Waals surface area (Å²) in [6.07, 6.45) is 6.86. The third kappa shape index (κ3) is 4.61. The van der Waals surface area contributed by atoms with Gasteiger partial charge in [-0.25, -0.2) is 9.97 Å². The molecule has 1 aromatic carbocycles. The van der Waals surface area contributed by atoms with Crippen LogP contribution in [-0.2, 0) is 4.79 Å². The lowest BCUT2D eigenvalue weighted by molar-refractivity contribution is -0.135. The Bertz CT molecular complexity index is 1210. The molecular weight excluding hydrogens is 434 g/mol. The molecule has 3 aromatic rings. The van der Waals surface area contributed by atoms with Gasteiger partial charge in [0.1, 0.15) is 29.9 Å². The Hall–Kier alpha value is -3.46. The number of aliphatic hydroxyl groups excluding tert-OH is 1. The monoisotopic (exact) mass is 463 g/mol. The number of fused-ring (bicyclic) bond motifs is 1. The zero-order valence-electron chi connectivity index (χ0n) is 19.2. The lowest BCUT2D eigenvalue weighted by Gasteiger charge is -2.32. The normalized spacial score (nSPS) is 16.6. The maximum atomic E-state index is 13.1. The van der Waals surface area contributed by atoms with Gasteiger partial charge in [-0.1, -0.05) is 11.6 Å². The number of aromatic amines is 1. The molecule has 1 saturated heterocycles. The van der Waals surface area contributed by atoms with E-state index >= 15 is 0 Å². The summed E-state index contributed by atoms with van der Waals surface area (Å²) in [6.45, 7) is 3.27. The highest BCUT2D eigenvalue weighted by atomic mass is 16.5. The van der Waals surface area contributed by atoms with Gasteiger partial charge in [-0.3, -0.25) is 9.59 Å². The van der Waals surface area contributed by atoms with Crippen LogP contribution in [0.5, 0.6) is 5.75 Å². The van der Waals surface area contributed by atoms with Crippen LogP contribution in [0.2, 0.25) is 0 Å². The molecule has 9 nitrogen and oxygen atoms in total. The van der Waals surface area contributed by atoms with Crippen LogP contribution in [-0.4, -0.2) is 69.1 Å². The second-order valence-electron chi connectivity index (χ2n) is 9.19. The van der Waals surface area contributed by atoms with E-state index in [0.717, 1.165) is 16.9 Å². The Morgan fingerprint density at radius 3 is 2.74 bits per heavy atom. The molecule has 3 heterocycles. The topological polar surface area (TPSA) is 120 Å². The predicted octanol–water partition coefficient (Wildman–Crippen LogP) is 2.44. The molecule has 34 heavy (non-hydrogen) atoms. The number of piperidine rings is 1. The Balaban J connectivity index is 1.36. The summed E-state index contributed by atoms with van der Waals surface area (Å²) in [6, 6.07) is 6.01. The van der Waals surface area contributed by atoms with Crippen LogP contribution >= 0.6 is 0 Å². The van der Waals surface area contributed by atoms with Crippen LogP contribution in [0.3, 0.4) is 0 Å². The molecule has 0 spiro atoms. The van der Waals surface area contributed by atoms with Crippen molar-refractivity contribution in [2.75, 3.05) is 26.3 Å². The van der Waals surface area contributed by atoms with Crippen LogP contribution in [0.15, 0.2) is 30.7 Å². The minimum Gasteiger partial charge on any atom is -0.493 e. The number of carbonyl (C=O) groups excluding carboxylic acids is 2. The fourth-order valence-corrected chi connectivity index (χ4v) is 4.40. The second-order valence-corrected chi connectivity index (χ2v) is 9.19. The molecule has 2 fully saturated rings. The fourth-order valence-electron chi connectivity index (χ4n) is 4.40. The molecule has 5 rings (SSSR count). The number of likely N-dealkylation sites (tertiary alicyclic amines) is 1. The lowest BCUT2D eigenvalue weighted by atomic mass is 10.0. The molecule has 2 aliphatic rings. The van der Waals surface area contributed by atoms with Gasteiger partial charge in [0.15, 0.2) is 0 Å². The molecule has 1 saturated carbocycles. The van der Waals surface area contributed by atoms with E-state index in [4.69, 9.17) is 9.84 Å². The average Bonchev–Trinajstić information content (AvgIpc) is 3.58. The van der Waals surface area contributed by atoms with Crippen molar-refractivity contribution in [3.8, 4) is 17.0 Å². The van der Waals surface area contributed by atoms with Crippen LogP contribution in [0.1, 0.15) is 41.6 Å². The van der Waals surface area contributed by atoms with Crippen molar-refractivity contribution < 1.29 is 19.4 Å². The molecule has 0 bridgehead atoms. The first-order valence-corrected chi connectivity index (χ1v) is 11.8. The standard InChI is InChI=1S/C25H29N5O4/c1-15-2-5-20(34-13-16-3-4-16)18(10-15)22-24-23(28-14-27-22)19(11-26-24)25(33)29-17-6-8-30(9-7-17)21(32)12-31/h2,5,10-11,14,16-17,26,31H,3-4,6-9,12-13H2,1H3,(H,29,33). The smallest absolute Gasteiger partial charge is 0.255 e. The highest BCUT2D eigenvalue weighted by Crippen LogP contribution is 2.36. The summed E-state index contributed by atoms with van der Waals surface area (Å²) in [4.78, 5) is 38.5. The number of hydrogen-bond acceptors (Lipinski definition) is 6. The molecule has 3 N–H and O–H groups in total. The first-order chi connectivity index (χ1) is 16.5. The number of carbonyl (C=O) groups is 2. The first-order valence-electron chi connectivity index (χ1n) is 11.8. The lowest BCUT2D eigenvalue weighted by Crippen LogP contribution is -2.47. The Morgan fingerprint density at radius 1 is 1.21 bits per heavy atom. The van der Waals surface area contributed by atoms with Gasteiger partial charge in [-0.15, -0.1) is 0 Å². The second kappa shape index (κ2) is 9.42.